The molecular weight excluding hydrogens is 297 g/mol. The van der Waals surface area contributed by atoms with E-state index >= 15 is 0 Å². The molecule has 0 aliphatic rings. The Balaban J connectivity index is 2.42. The number of hydrogen-bond donors (Lipinski definition) is 1. The van der Waals surface area contributed by atoms with Crippen molar-refractivity contribution < 1.29 is 5.11 Å². The van der Waals surface area contributed by atoms with Gasteiger partial charge in [0.25, 0.3) is 0 Å². The molecule has 0 radical (unpaired) electrons. The first-order chi connectivity index (χ1) is 9.55. The number of aliphatic hydroxyl groups is 1. The minimum atomic E-state index is -1.26. The molecule has 0 spiro atoms. The summed E-state index contributed by atoms with van der Waals surface area (Å²) < 4.78 is 1.56. The van der Waals surface area contributed by atoms with Gasteiger partial charge in [-0.15, -0.1) is 0 Å². The van der Waals surface area contributed by atoms with Crippen molar-refractivity contribution in [2.45, 2.75) is 25.5 Å². The highest BCUT2D eigenvalue weighted by atomic mass is 35.5. The van der Waals surface area contributed by atoms with Crippen LogP contribution in [-0.2, 0) is 12.1 Å². The Labute approximate surface area is 127 Å². The van der Waals surface area contributed by atoms with Crippen LogP contribution in [0.1, 0.15) is 18.9 Å². The van der Waals surface area contributed by atoms with Gasteiger partial charge in [-0.25, -0.2) is 9.67 Å². The quantitative estimate of drug-likeness (QED) is 0.861. The van der Waals surface area contributed by atoms with E-state index in [0.29, 0.717) is 15.6 Å². The van der Waals surface area contributed by atoms with Gasteiger partial charge in [-0.05, 0) is 18.6 Å². The van der Waals surface area contributed by atoms with Crippen molar-refractivity contribution in [2.75, 3.05) is 0 Å². The van der Waals surface area contributed by atoms with Crippen molar-refractivity contribution in [2.24, 2.45) is 0 Å². The third-order valence-electron chi connectivity index (χ3n) is 2.90. The summed E-state index contributed by atoms with van der Waals surface area (Å²) in [6.07, 6.45) is 7.40. The van der Waals surface area contributed by atoms with Gasteiger partial charge in [-0.3, -0.25) is 0 Å². The normalized spacial score (nSPS) is 14.6. The van der Waals surface area contributed by atoms with Crippen molar-refractivity contribution in [3.8, 4) is 0 Å². The van der Waals surface area contributed by atoms with Crippen LogP contribution in [0.5, 0.6) is 0 Å². The molecule has 1 heterocycles. The summed E-state index contributed by atoms with van der Waals surface area (Å²) in [5.41, 5.74) is -0.672. The number of nitrogens with zero attached hydrogens (tertiary/aromatic N) is 3. The lowest BCUT2D eigenvalue weighted by Gasteiger charge is -2.26. The summed E-state index contributed by atoms with van der Waals surface area (Å²) in [4.78, 5) is 3.88. The second kappa shape index (κ2) is 6.39. The Morgan fingerprint density at radius 2 is 2.20 bits per heavy atom. The van der Waals surface area contributed by atoms with Crippen LogP contribution < -0.4 is 0 Å². The van der Waals surface area contributed by atoms with E-state index in [-0.39, 0.29) is 6.54 Å². The molecule has 0 bridgehead atoms. The Bertz CT molecular complexity index is 598. The largest absolute Gasteiger partial charge is 0.379 e. The van der Waals surface area contributed by atoms with E-state index < -0.39 is 5.60 Å². The molecule has 1 N–H and O–H groups in total. The fourth-order valence-electron chi connectivity index (χ4n) is 1.94. The molecule has 106 valence electrons. The van der Waals surface area contributed by atoms with Crippen molar-refractivity contribution in [1.82, 2.24) is 14.8 Å². The number of hydrogen-bond acceptors (Lipinski definition) is 3. The van der Waals surface area contributed by atoms with Gasteiger partial charge in [0.15, 0.2) is 0 Å². The van der Waals surface area contributed by atoms with E-state index in [1.165, 1.54) is 6.33 Å². The summed E-state index contributed by atoms with van der Waals surface area (Å²) in [6, 6.07) is 5.04. The maximum atomic E-state index is 11.0. The van der Waals surface area contributed by atoms with Crippen LogP contribution in [0.2, 0.25) is 10.0 Å². The molecule has 2 rings (SSSR count). The van der Waals surface area contributed by atoms with Crippen LogP contribution >= 0.6 is 23.2 Å². The lowest BCUT2D eigenvalue weighted by molar-refractivity contribution is 0.0653. The molecule has 2 aromatic rings. The van der Waals surface area contributed by atoms with Crippen LogP contribution in [0.3, 0.4) is 0 Å². The summed E-state index contributed by atoms with van der Waals surface area (Å²) in [5, 5.41) is 15.9. The van der Waals surface area contributed by atoms with Gasteiger partial charge in [-0.1, -0.05) is 48.3 Å². The Morgan fingerprint density at radius 1 is 1.40 bits per heavy atom. The monoisotopic (exact) mass is 311 g/mol. The first kappa shape index (κ1) is 15.0. The zero-order valence-electron chi connectivity index (χ0n) is 11.0. The highest BCUT2D eigenvalue weighted by Crippen LogP contribution is 2.33. The Hall–Kier alpha value is -1.36. The zero-order chi connectivity index (χ0) is 14.6. The average molecular weight is 312 g/mol. The molecule has 1 atom stereocenters. The van der Waals surface area contributed by atoms with Crippen molar-refractivity contribution in [3.63, 3.8) is 0 Å². The van der Waals surface area contributed by atoms with Crippen LogP contribution in [0.25, 0.3) is 0 Å². The maximum absolute atomic E-state index is 11.0. The summed E-state index contributed by atoms with van der Waals surface area (Å²) in [6.45, 7) is 2.22. The molecule has 0 aliphatic heterocycles. The zero-order valence-corrected chi connectivity index (χ0v) is 12.5. The Kier molecular flexibility index (Phi) is 4.81. The van der Waals surface area contributed by atoms with Gasteiger partial charge in [-0.2, -0.15) is 5.10 Å². The summed E-state index contributed by atoms with van der Waals surface area (Å²) in [5.74, 6) is 0. The van der Waals surface area contributed by atoms with E-state index in [1.54, 1.807) is 35.3 Å². The van der Waals surface area contributed by atoms with E-state index in [1.807, 2.05) is 13.0 Å². The predicted molar refractivity (Wildman–Crippen MR) is 79.8 cm³/mol. The summed E-state index contributed by atoms with van der Waals surface area (Å²) in [7, 11) is 0. The van der Waals surface area contributed by atoms with Crippen LogP contribution in [-0.4, -0.2) is 19.9 Å². The molecule has 1 aromatic heterocycles. The van der Waals surface area contributed by atoms with E-state index in [0.717, 1.165) is 6.42 Å². The molecule has 1 unspecified atom stereocenters. The standard InChI is InChI=1S/C14H15Cl2N3O/c1-2-3-6-14(20,8-19-10-17-9-18-19)12-5-4-11(15)7-13(12)16/h3-7,9-10,20H,2,8H2,1H3. The van der Waals surface area contributed by atoms with E-state index in [2.05, 4.69) is 10.1 Å². The van der Waals surface area contributed by atoms with Gasteiger partial charge < -0.3 is 5.11 Å². The first-order valence-electron chi connectivity index (χ1n) is 6.23. The topological polar surface area (TPSA) is 50.9 Å². The average Bonchev–Trinajstić information content (AvgIpc) is 2.88. The maximum Gasteiger partial charge on any atom is 0.137 e. The van der Waals surface area contributed by atoms with E-state index in [4.69, 9.17) is 23.2 Å². The minimum Gasteiger partial charge on any atom is -0.379 e. The molecule has 0 aliphatic carbocycles. The molecule has 0 saturated carbocycles. The predicted octanol–water partition coefficient (Wildman–Crippen LogP) is 3.44. The molecule has 0 fully saturated rings. The van der Waals surface area contributed by atoms with Crippen molar-refractivity contribution in [1.29, 1.82) is 0 Å². The lowest BCUT2D eigenvalue weighted by Crippen LogP contribution is -2.30. The number of rotatable bonds is 5. The van der Waals surface area contributed by atoms with Gasteiger partial charge in [0.05, 0.1) is 6.54 Å². The van der Waals surface area contributed by atoms with Gasteiger partial charge in [0, 0.05) is 15.6 Å². The Morgan fingerprint density at radius 3 is 2.80 bits per heavy atom. The minimum absolute atomic E-state index is 0.227. The highest BCUT2D eigenvalue weighted by Gasteiger charge is 2.29. The number of aromatic nitrogens is 3. The molecule has 20 heavy (non-hydrogen) atoms. The second-order valence-corrected chi connectivity index (χ2v) is 5.30. The molecule has 0 amide bonds. The van der Waals surface area contributed by atoms with Crippen LogP contribution in [0.15, 0.2) is 43.0 Å². The van der Waals surface area contributed by atoms with Crippen molar-refractivity contribution >= 4 is 23.2 Å². The number of halogens is 2. The van der Waals surface area contributed by atoms with Gasteiger partial charge in [0.1, 0.15) is 18.3 Å². The van der Waals surface area contributed by atoms with Gasteiger partial charge >= 0.3 is 0 Å². The molecule has 0 saturated heterocycles. The lowest BCUT2D eigenvalue weighted by atomic mass is 9.93. The van der Waals surface area contributed by atoms with Crippen LogP contribution in [0, 0.1) is 0 Å². The molecular formula is C14H15Cl2N3O. The molecule has 1 aromatic carbocycles. The second-order valence-electron chi connectivity index (χ2n) is 4.45. The fraction of sp³-hybridized carbons (Fsp3) is 0.286. The summed E-state index contributed by atoms with van der Waals surface area (Å²) >= 11 is 12.1. The van der Waals surface area contributed by atoms with E-state index in [9.17, 15) is 5.11 Å². The van der Waals surface area contributed by atoms with Crippen LogP contribution in [0.4, 0.5) is 0 Å². The smallest absolute Gasteiger partial charge is 0.137 e. The third kappa shape index (κ3) is 3.39. The highest BCUT2D eigenvalue weighted by molar-refractivity contribution is 6.35. The first-order valence-corrected chi connectivity index (χ1v) is 6.99. The molecule has 4 nitrogen and oxygen atoms in total. The number of allylic oxidation sites excluding steroid dienone is 1. The van der Waals surface area contributed by atoms with Crippen molar-refractivity contribution in [3.05, 3.63) is 58.6 Å². The molecule has 6 heteroatoms. The number of benzene rings is 1. The third-order valence-corrected chi connectivity index (χ3v) is 3.44. The van der Waals surface area contributed by atoms with Gasteiger partial charge in [0.2, 0.25) is 0 Å². The SMILES string of the molecule is CCC=CC(O)(Cn1cncn1)c1ccc(Cl)cc1Cl. The fourth-order valence-corrected chi connectivity index (χ4v) is 2.51.